The third-order valence-corrected chi connectivity index (χ3v) is 3.46. The van der Waals surface area contributed by atoms with Crippen LogP contribution in [0.15, 0.2) is 24.3 Å². The molecule has 1 fully saturated rings. The van der Waals surface area contributed by atoms with E-state index in [0.29, 0.717) is 6.61 Å². The molecule has 0 spiro atoms. The Morgan fingerprint density at radius 2 is 1.95 bits per heavy atom. The minimum atomic E-state index is -0.331. The fraction of sp³-hybridized carbons (Fsp3) is 0.533. The van der Waals surface area contributed by atoms with Crippen molar-refractivity contribution >= 4 is 5.97 Å². The first-order chi connectivity index (χ1) is 9.76. The van der Waals surface area contributed by atoms with E-state index in [-0.39, 0.29) is 12.0 Å². The summed E-state index contributed by atoms with van der Waals surface area (Å²) >= 11 is 0. The van der Waals surface area contributed by atoms with E-state index in [1.807, 2.05) is 31.2 Å². The number of hydrogen-bond donors (Lipinski definition) is 1. The standard InChI is InChI=1S/C15H22N2O3/c1-3-20-15(18)14(17-10-8-16-9-11-17)12-4-6-13(19-2)7-5-12/h4-7,14,16H,3,8-11H2,1-2H3. The predicted octanol–water partition coefficient (Wildman–Crippen LogP) is 1.20. The Kier molecular flexibility index (Phi) is 5.38. The summed E-state index contributed by atoms with van der Waals surface area (Å²) in [5.74, 6) is 0.608. The highest BCUT2D eigenvalue weighted by Gasteiger charge is 2.29. The van der Waals surface area contributed by atoms with Gasteiger partial charge in [-0.2, -0.15) is 0 Å². The number of methoxy groups -OCH3 is 1. The maximum atomic E-state index is 12.3. The zero-order chi connectivity index (χ0) is 14.4. The Hall–Kier alpha value is -1.59. The molecule has 1 aliphatic heterocycles. The van der Waals surface area contributed by atoms with Gasteiger partial charge in [-0.15, -0.1) is 0 Å². The molecule has 0 aliphatic carbocycles. The van der Waals surface area contributed by atoms with Crippen molar-refractivity contribution in [2.75, 3.05) is 39.9 Å². The molecule has 5 heteroatoms. The zero-order valence-corrected chi connectivity index (χ0v) is 12.1. The second-order valence-electron chi connectivity index (χ2n) is 4.71. The van der Waals surface area contributed by atoms with E-state index in [0.717, 1.165) is 37.5 Å². The second kappa shape index (κ2) is 7.26. The van der Waals surface area contributed by atoms with E-state index < -0.39 is 0 Å². The average Bonchev–Trinajstić information content (AvgIpc) is 2.50. The second-order valence-corrected chi connectivity index (χ2v) is 4.71. The van der Waals surface area contributed by atoms with Gasteiger partial charge in [0, 0.05) is 26.2 Å². The molecule has 1 unspecified atom stereocenters. The highest BCUT2D eigenvalue weighted by atomic mass is 16.5. The molecule has 2 rings (SSSR count). The van der Waals surface area contributed by atoms with Gasteiger partial charge in [0.15, 0.2) is 0 Å². The molecule has 0 amide bonds. The molecule has 0 bridgehead atoms. The normalized spacial score (nSPS) is 17.5. The molecule has 1 aromatic carbocycles. The van der Waals surface area contributed by atoms with Crippen molar-refractivity contribution in [1.82, 2.24) is 10.2 Å². The van der Waals surface area contributed by atoms with Crippen molar-refractivity contribution < 1.29 is 14.3 Å². The first kappa shape index (κ1) is 14.8. The Morgan fingerprint density at radius 3 is 2.50 bits per heavy atom. The molecule has 110 valence electrons. The quantitative estimate of drug-likeness (QED) is 0.820. The van der Waals surface area contributed by atoms with Gasteiger partial charge in [-0.25, -0.2) is 4.79 Å². The van der Waals surface area contributed by atoms with Crippen LogP contribution in [0.2, 0.25) is 0 Å². The summed E-state index contributed by atoms with van der Waals surface area (Å²) in [4.78, 5) is 14.4. The number of esters is 1. The molecule has 20 heavy (non-hydrogen) atoms. The van der Waals surface area contributed by atoms with Gasteiger partial charge in [-0.3, -0.25) is 4.90 Å². The molecule has 1 atom stereocenters. The summed E-state index contributed by atoms with van der Waals surface area (Å²) in [6.07, 6.45) is 0. The van der Waals surface area contributed by atoms with Gasteiger partial charge in [0.1, 0.15) is 11.8 Å². The third-order valence-electron chi connectivity index (χ3n) is 3.46. The van der Waals surface area contributed by atoms with Crippen LogP contribution in [0.1, 0.15) is 18.5 Å². The maximum Gasteiger partial charge on any atom is 0.328 e. The third kappa shape index (κ3) is 3.49. The summed E-state index contributed by atoms with van der Waals surface area (Å²) in [7, 11) is 1.63. The number of carbonyl (C=O) groups is 1. The summed E-state index contributed by atoms with van der Waals surface area (Å²) in [6.45, 7) is 5.71. The molecule has 1 aromatic rings. The summed E-state index contributed by atoms with van der Waals surface area (Å²) in [5.41, 5.74) is 0.950. The Labute approximate surface area is 119 Å². The summed E-state index contributed by atoms with van der Waals surface area (Å²) < 4.78 is 10.4. The number of carbonyl (C=O) groups excluding carboxylic acids is 1. The zero-order valence-electron chi connectivity index (χ0n) is 12.1. The molecule has 0 saturated carbocycles. The lowest BCUT2D eigenvalue weighted by Gasteiger charge is -2.33. The van der Waals surface area contributed by atoms with Crippen LogP contribution in [0.25, 0.3) is 0 Å². The van der Waals surface area contributed by atoms with Gasteiger partial charge in [0.05, 0.1) is 13.7 Å². The largest absolute Gasteiger partial charge is 0.497 e. The van der Waals surface area contributed by atoms with Crippen LogP contribution in [0.4, 0.5) is 0 Å². The highest BCUT2D eigenvalue weighted by Crippen LogP contribution is 2.24. The first-order valence-corrected chi connectivity index (χ1v) is 7.01. The van der Waals surface area contributed by atoms with Gasteiger partial charge in [-0.1, -0.05) is 12.1 Å². The molecule has 1 heterocycles. The van der Waals surface area contributed by atoms with Crippen LogP contribution in [0, 0.1) is 0 Å². The SMILES string of the molecule is CCOC(=O)C(c1ccc(OC)cc1)N1CCNCC1. The number of piperazine rings is 1. The number of nitrogens with zero attached hydrogens (tertiary/aromatic N) is 1. The highest BCUT2D eigenvalue weighted by molar-refractivity contribution is 5.77. The van der Waals surface area contributed by atoms with E-state index >= 15 is 0 Å². The fourth-order valence-corrected chi connectivity index (χ4v) is 2.44. The maximum absolute atomic E-state index is 12.3. The smallest absolute Gasteiger partial charge is 0.328 e. The lowest BCUT2D eigenvalue weighted by molar-refractivity contribution is -0.150. The van der Waals surface area contributed by atoms with E-state index in [2.05, 4.69) is 10.2 Å². The van der Waals surface area contributed by atoms with Crippen molar-refractivity contribution in [3.05, 3.63) is 29.8 Å². The molecule has 0 aromatic heterocycles. The minimum Gasteiger partial charge on any atom is -0.497 e. The summed E-state index contributed by atoms with van der Waals surface area (Å²) in [6, 6.07) is 7.29. The van der Waals surface area contributed by atoms with Crippen LogP contribution in [-0.4, -0.2) is 50.8 Å². The molecular formula is C15H22N2O3. The van der Waals surface area contributed by atoms with Crippen LogP contribution < -0.4 is 10.1 Å². The van der Waals surface area contributed by atoms with Crippen LogP contribution in [0.3, 0.4) is 0 Å². The molecule has 0 radical (unpaired) electrons. The van der Waals surface area contributed by atoms with Gasteiger partial charge >= 0.3 is 5.97 Å². The lowest BCUT2D eigenvalue weighted by Crippen LogP contribution is -2.47. The predicted molar refractivity (Wildman–Crippen MR) is 76.8 cm³/mol. The number of nitrogens with one attached hydrogen (secondary N) is 1. The Bertz CT molecular complexity index is 427. The van der Waals surface area contributed by atoms with Gasteiger partial charge in [-0.05, 0) is 24.6 Å². The van der Waals surface area contributed by atoms with E-state index in [4.69, 9.17) is 9.47 Å². The van der Waals surface area contributed by atoms with Crippen molar-refractivity contribution in [1.29, 1.82) is 0 Å². The molecule has 1 aliphatic rings. The van der Waals surface area contributed by atoms with Crippen LogP contribution in [-0.2, 0) is 9.53 Å². The van der Waals surface area contributed by atoms with Crippen molar-refractivity contribution in [2.24, 2.45) is 0 Å². The van der Waals surface area contributed by atoms with Crippen molar-refractivity contribution in [2.45, 2.75) is 13.0 Å². The number of ether oxygens (including phenoxy) is 2. The Balaban J connectivity index is 2.21. The average molecular weight is 278 g/mol. The van der Waals surface area contributed by atoms with Gasteiger partial charge in [0.2, 0.25) is 0 Å². The van der Waals surface area contributed by atoms with Crippen LogP contribution >= 0.6 is 0 Å². The first-order valence-electron chi connectivity index (χ1n) is 7.01. The van der Waals surface area contributed by atoms with E-state index in [1.54, 1.807) is 7.11 Å². The van der Waals surface area contributed by atoms with E-state index in [9.17, 15) is 4.79 Å². The molecular weight excluding hydrogens is 256 g/mol. The van der Waals surface area contributed by atoms with Crippen molar-refractivity contribution in [3.8, 4) is 5.75 Å². The van der Waals surface area contributed by atoms with Gasteiger partial charge < -0.3 is 14.8 Å². The van der Waals surface area contributed by atoms with E-state index in [1.165, 1.54) is 0 Å². The monoisotopic (exact) mass is 278 g/mol. The minimum absolute atomic E-state index is 0.181. The van der Waals surface area contributed by atoms with Crippen LogP contribution in [0.5, 0.6) is 5.75 Å². The molecule has 1 N–H and O–H groups in total. The van der Waals surface area contributed by atoms with Crippen molar-refractivity contribution in [3.63, 3.8) is 0 Å². The topological polar surface area (TPSA) is 50.8 Å². The van der Waals surface area contributed by atoms with Gasteiger partial charge in [0.25, 0.3) is 0 Å². The number of hydrogen-bond acceptors (Lipinski definition) is 5. The lowest BCUT2D eigenvalue weighted by atomic mass is 10.0. The number of benzene rings is 1. The summed E-state index contributed by atoms with van der Waals surface area (Å²) in [5, 5.41) is 3.30. The molecule has 5 nitrogen and oxygen atoms in total. The number of rotatable bonds is 5. The molecule has 1 saturated heterocycles. The Morgan fingerprint density at radius 1 is 1.30 bits per heavy atom. The fourth-order valence-electron chi connectivity index (χ4n) is 2.44.